The molecule has 0 spiro atoms. The number of carbonyl (C=O) groups excluding carboxylic acids is 1. The molecule has 2 aliphatic heterocycles. The van der Waals surface area contributed by atoms with E-state index in [1.807, 2.05) is 0 Å². The quantitative estimate of drug-likeness (QED) is 0.830. The molecule has 2 bridgehead atoms. The van der Waals surface area contributed by atoms with E-state index in [4.69, 9.17) is 4.74 Å². The van der Waals surface area contributed by atoms with Crippen LogP contribution in [0.4, 0.5) is 14.5 Å². The number of anilines is 1. The second kappa shape index (κ2) is 4.92. The number of rotatable bonds is 3. The van der Waals surface area contributed by atoms with Crippen LogP contribution in [0.1, 0.15) is 0 Å². The minimum Gasteiger partial charge on any atom is -0.481 e. The molecule has 3 rings (SSSR count). The van der Waals surface area contributed by atoms with Gasteiger partial charge in [0, 0.05) is 6.07 Å². The highest BCUT2D eigenvalue weighted by Crippen LogP contribution is 2.40. The van der Waals surface area contributed by atoms with Gasteiger partial charge < -0.3 is 15.2 Å². The van der Waals surface area contributed by atoms with Crippen molar-refractivity contribution in [1.82, 2.24) is 0 Å². The van der Waals surface area contributed by atoms with Crippen LogP contribution < -0.4 is 5.32 Å². The number of nitrogens with one attached hydrogen (secondary N) is 1. The van der Waals surface area contributed by atoms with E-state index in [2.05, 4.69) is 5.32 Å². The Hall–Kier alpha value is -2.28. The van der Waals surface area contributed by atoms with Gasteiger partial charge in [-0.2, -0.15) is 0 Å². The van der Waals surface area contributed by atoms with E-state index in [0.717, 1.165) is 18.2 Å². The maximum Gasteiger partial charge on any atom is 0.310 e. The van der Waals surface area contributed by atoms with Crippen molar-refractivity contribution in [3.8, 4) is 0 Å². The van der Waals surface area contributed by atoms with E-state index in [9.17, 15) is 23.5 Å². The van der Waals surface area contributed by atoms with E-state index in [-0.39, 0.29) is 5.69 Å². The molecule has 21 heavy (non-hydrogen) atoms. The van der Waals surface area contributed by atoms with Gasteiger partial charge in [0.05, 0.1) is 23.8 Å². The summed E-state index contributed by atoms with van der Waals surface area (Å²) in [5.41, 5.74) is -0.323. The minimum atomic E-state index is -1.16. The van der Waals surface area contributed by atoms with Crippen LogP contribution in [0, 0.1) is 23.5 Å². The molecule has 2 aliphatic rings. The van der Waals surface area contributed by atoms with E-state index < -0.39 is 47.6 Å². The summed E-state index contributed by atoms with van der Waals surface area (Å²) in [4.78, 5) is 23.5. The molecular formula is C14H11F2NO4. The van der Waals surface area contributed by atoms with Crippen LogP contribution in [-0.4, -0.2) is 29.2 Å². The van der Waals surface area contributed by atoms with Gasteiger partial charge in [-0.3, -0.25) is 9.59 Å². The standard InChI is InChI=1S/C14H11F2NO4/c15-6-1-2-7(16)8(5-6)17-13(18)11-9-3-4-10(21-9)12(11)14(19)20/h1-5,9-12H,(H,17,18)(H,19,20)/t9-,10+,11-,12+/m1/s1. The molecule has 4 atom stereocenters. The SMILES string of the molecule is O=C(O)[C@@H]1[C@H](C(=O)Nc2cc(F)ccc2F)[C@H]2C=C[C@@H]1O2. The van der Waals surface area contributed by atoms with Crippen LogP contribution in [-0.2, 0) is 14.3 Å². The topological polar surface area (TPSA) is 75.6 Å². The van der Waals surface area contributed by atoms with Crippen molar-refractivity contribution in [3.05, 3.63) is 42.0 Å². The summed E-state index contributed by atoms with van der Waals surface area (Å²) in [6, 6.07) is 2.65. The zero-order valence-corrected chi connectivity index (χ0v) is 10.6. The normalized spacial score (nSPS) is 29.6. The predicted molar refractivity (Wildman–Crippen MR) is 67.4 cm³/mol. The lowest BCUT2D eigenvalue weighted by Gasteiger charge is -2.21. The Bertz CT molecular complexity index is 646. The second-order valence-electron chi connectivity index (χ2n) is 4.95. The fourth-order valence-corrected chi connectivity index (χ4v) is 2.72. The Balaban J connectivity index is 1.83. The van der Waals surface area contributed by atoms with Crippen molar-refractivity contribution in [1.29, 1.82) is 0 Å². The average Bonchev–Trinajstić information content (AvgIpc) is 3.03. The maximum atomic E-state index is 13.5. The first-order valence-corrected chi connectivity index (χ1v) is 6.30. The molecule has 1 amide bonds. The molecule has 0 unspecified atom stereocenters. The Kier molecular flexibility index (Phi) is 3.21. The molecule has 1 fully saturated rings. The van der Waals surface area contributed by atoms with E-state index in [1.165, 1.54) is 0 Å². The highest BCUT2D eigenvalue weighted by atomic mass is 19.1. The van der Waals surface area contributed by atoms with Gasteiger partial charge in [-0.25, -0.2) is 8.78 Å². The van der Waals surface area contributed by atoms with Gasteiger partial charge >= 0.3 is 5.97 Å². The van der Waals surface area contributed by atoms with E-state index in [1.54, 1.807) is 12.2 Å². The summed E-state index contributed by atoms with van der Waals surface area (Å²) in [6.07, 6.45) is 1.88. The summed E-state index contributed by atoms with van der Waals surface area (Å²) in [6.45, 7) is 0. The first kappa shape index (κ1) is 13.7. The molecule has 1 saturated heterocycles. The smallest absolute Gasteiger partial charge is 0.310 e. The van der Waals surface area contributed by atoms with Crippen molar-refractivity contribution in [2.75, 3.05) is 5.32 Å². The highest BCUT2D eigenvalue weighted by Gasteiger charge is 2.53. The molecule has 7 heteroatoms. The third kappa shape index (κ3) is 2.29. The number of benzene rings is 1. The Morgan fingerprint density at radius 1 is 1.14 bits per heavy atom. The van der Waals surface area contributed by atoms with E-state index >= 15 is 0 Å². The van der Waals surface area contributed by atoms with Crippen LogP contribution in [0.25, 0.3) is 0 Å². The number of carbonyl (C=O) groups is 2. The third-order valence-electron chi connectivity index (χ3n) is 3.67. The third-order valence-corrected chi connectivity index (χ3v) is 3.67. The fraction of sp³-hybridized carbons (Fsp3) is 0.286. The first-order valence-electron chi connectivity index (χ1n) is 6.30. The van der Waals surface area contributed by atoms with E-state index in [0.29, 0.717) is 0 Å². The monoisotopic (exact) mass is 295 g/mol. The molecule has 110 valence electrons. The molecule has 2 N–H and O–H groups in total. The zero-order valence-electron chi connectivity index (χ0n) is 10.6. The molecular weight excluding hydrogens is 284 g/mol. The molecule has 1 aromatic rings. The Morgan fingerprint density at radius 3 is 2.48 bits per heavy atom. The lowest BCUT2D eigenvalue weighted by atomic mass is 9.82. The van der Waals surface area contributed by atoms with Gasteiger partial charge in [-0.05, 0) is 12.1 Å². The largest absolute Gasteiger partial charge is 0.481 e. The average molecular weight is 295 g/mol. The molecule has 0 aliphatic carbocycles. The number of carboxylic acid groups (broad SMARTS) is 1. The van der Waals surface area contributed by atoms with Gasteiger partial charge in [0.25, 0.3) is 0 Å². The van der Waals surface area contributed by atoms with Gasteiger partial charge in [0.2, 0.25) is 5.91 Å². The molecule has 2 heterocycles. The van der Waals surface area contributed by atoms with Crippen LogP contribution in [0.2, 0.25) is 0 Å². The van der Waals surface area contributed by atoms with Crippen LogP contribution in [0.5, 0.6) is 0 Å². The number of amides is 1. The fourth-order valence-electron chi connectivity index (χ4n) is 2.72. The lowest BCUT2D eigenvalue weighted by molar-refractivity contribution is -0.145. The molecule has 1 aromatic carbocycles. The number of hydrogen-bond acceptors (Lipinski definition) is 3. The molecule has 5 nitrogen and oxygen atoms in total. The van der Waals surface area contributed by atoms with Gasteiger partial charge in [0.1, 0.15) is 17.6 Å². The summed E-state index contributed by atoms with van der Waals surface area (Å²) >= 11 is 0. The number of fused-ring (bicyclic) bond motifs is 2. The van der Waals surface area contributed by atoms with Gasteiger partial charge in [-0.1, -0.05) is 12.2 Å². The van der Waals surface area contributed by atoms with Crippen LogP contribution >= 0.6 is 0 Å². The summed E-state index contributed by atoms with van der Waals surface area (Å²) < 4.78 is 32.0. The predicted octanol–water partition coefficient (Wildman–Crippen LogP) is 1.56. The van der Waals surface area contributed by atoms with Crippen LogP contribution in [0.3, 0.4) is 0 Å². The van der Waals surface area contributed by atoms with Gasteiger partial charge in [-0.15, -0.1) is 0 Å². The molecule has 0 saturated carbocycles. The number of halogens is 2. The maximum absolute atomic E-state index is 13.5. The molecule has 0 radical (unpaired) electrons. The van der Waals surface area contributed by atoms with Crippen LogP contribution in [0.15, 0.2) is 30.4 Å². The minimum absolute atomic E-state index is 0.323. The summed E-state index contributed by atoms with van der Waals surface area (Å²) in [5, 5.41) is 11.4. The van der Waals surface area contributed by atoms with Crippen molar-refractivity contribution < 1.29 is 28.2 Å². The number of ether oxygens (including phenoxy) is 1. The van der Waals surface area contributed by atoms with Crippen molar-refractivity contribution in [3.63, 3.8) is 0 Å². The molecule has 0 aromatic heterocycles. The Labute approximate surface area is 118 Å². The van der Waals surface area contributed by atoms with Gasteiger partial charge in [0.15, 0.2) is 0 Å². The Morgan fingerprint density at radius 2 is 1.81 bits per heavy atom. The zero-order chi connectivity index (χ0) is 15.1. The number of aliphatic carboxylic acids is 1. The van der Waals surface area contributed by atoms with Crippen molar-refractivity contribution in [2.24, 2.45) is 11.8 Å². The highest BCUT2D eigenvalue weighted by molar-refractivity contribution is 5.96. The summed E-state index contributed by atoms with van der Waals surface area (Å²) in [5.74, 6) is -5.37. The lowest BCUT2D eigenvalue weighted by Crippen LogP contribution is -2.39. The van der Waals surface area contributed by atoms with Crippen molar-refractivity contribution >= 4 is 17.6 Å². The van der Waals surface area contributed by atoms with Crippen molar-refractivity contribution in [2.45, 2.75) is 12.2 Å². The first-order chi connectivity index (χ1) is 9.97. The summed E-state index contributed by atoms with van der Waals surface area (Å²) in [7, 11) is 0. The second-order valence-corrected chi connectivity index (χ2v) is 4.95. The number of hydrogen-bond donors (Lipinski definition) is 2. The number of carboxylic acids is 1.